The maximum Gasteiger partial charge on any atom is 0.216 e. The highest BCUT2D eigenvalue weighted by molar-refractivity contribution is 5.73. The van der Waals surface area contributed by atoms with E-state index in [9.17, 15) is 4.79 Å². The molecule has 1 aliphatic heterocycles. The number of fused-ring (bicyclic) bond motifs is 3. The highest BCUT2D eigenvalue weighted by Gasteiger charge is 2.39. The van der Waals surface area contributed by atoms with E-state index in [1.54, 1.807) is 6.92 Å². The fourth-order valence-corrected chi connectivity index (χ4v) is 3.63. The van der Waals surface area contributed by atoms with Gasteiger partial charge in [-0.25, -0.2) is 0 Å². The van der Waals surface area contributed by atoms with Gasteiger partial charge in [-0.2, -0.15) is 0 Å². The van der Waals surface area contributed by atoms with Crippen molar-refractivity contribution in [3.8, 4) is 5.75 Å². The van der Waals surface area contributed by atoms with E-state index in [2.05, 4.69) is 43.5 Å². The first kappa shape index (κ1) is 14.2. The van der Waals surface area contributed by atoms with Gasteiger partial charge in [-0.1, -0.05) is 19.9 Å². The van der Waals surface area contributed by atoms with Crippen molar-refractivity contribution in [1.29, 1.82) is 0 Å². The van der Waals surface area contributed by atoms with E-state index in [1.165, 1.54) is 11.1 Å². The summed E-state index contributed by atoms with van der Waals surface area (Å²) in [5.41, 5.74) is 3.87. The van der Waals surface area contributed by atoms with Crippen molar-refractivity contribution >= 4 is 11.6 Å². The first-order valence-electron chi connectivity index (χ1n) is 7.80. The summed E-state index contributed by atoms with van der Waals surface area (Å²) in [4.78, 5) is 11.3. The van der Waals surface area contributed by atoms with Crippen molar-refractivity contribution in [3.05, 3.63) is 23.3 Å². The van der Waals surface area contributed by atoms with Crippen LogP contribution in [-0.2, 0) is 4.79 Å². The number of hydrogen-bond donors (Lipinski definition) is 2. The Labute approximate surface area is 126 Å². The standard InChI is InChI=1S/C17H24N2O2/c1-9-7-19-17-15(21-9)6-5-13-10(2)11(3)14(16(13)17)8-18-12(4)20/h5-6,9-11,14,19H,7-8H2,1-4H3,(H,18,20). The van der Waals surface area contributed by atoms with Crippen LogP contribution in [0.1, 0.15) is 50.7 Å². The second-order valence-electron chi connectivity index (χ2n) is 6.44. The van der Waals surface area contributed by atoms with Crippen molar-refractivity contribution < 1.29 is 9.53 Å². The second kappa shape index (κ2) is 5.24. The molecular weight excluding hydrogens is 264 g/mol. The van der Waals surface area contributed by atoms with Crippen LogP contribution in [0.15, 0.2) is 12.1 Å². The molecule has 2 aliphatic rings. The molecule has 0 saturated heterocycles. The molecule has 1 aliphatic carbocycles. The number of nitrogens with one attached hydrogen (secondary N) is 2. The molecule has 2 N–H and O–H groups in total. The summed E-state index contributed by atoms with van der Waals surface area (Å²) < 4.78 is 5.95. The monoisotopic (exact) mass is 288 g/mol. The molecule has 4 heteroatoms. The van der Waals surface area contributed by atoms with Gasteiger partial charge in [0.1, 0.15) is 11.9 Å². The molecule has 0 saturated carbocycles. The van der Waals surface area contributed by atoms with E-state index < -0.39 is 0 Å². The summed E-state index contributed by atoms with van der Waals surface area (Å²) >= 11 is 0. The SMILES string of the molecule is CC(=O)NCC1c2c(ccc3c2NCC(C)O3)C(C)C1C. The summed E-state index contributed by atoms with van der Waals surface area (Å²) in [5.74, 6) is 2.34. The minimum atomic E-state index is 0.0333. The van der Waals surface area contributed by atoms with Crippen LogP contribution in [0.5, 0.6) is 5.75 Å². The number of amides is 1. The molecule has 1 amide bonds. The lowest BCUT2D eigenvalue weighted by Crippen LogP contribution is -2.31. The molecule has 0 fully saturated rings. The Morgan fingerprint density at radius 2 is 2.14 bits per heavy atom. The Hall–Kier alpha value is -1.71. The summed E-state index contributed by atoms with van der Waals surface area (Å²) in [6, 6.07) is 4.28. The molecule has 114 valence electrons. The van der Waals surface area contributed by atoms with E-state index in [-0.39, 0.29) is 12.0 Å². The maximum absolute atomic E-state index is 11.3. The third kappa shape index (κ3) is 2.37. The van der Waals surface area contributed by atoms with Gasteiger partial charge in [0.05, 0.1) is 12.2 Å². The first-order valence-corrected chi connectivity index (χ1v) is 7.80. The Kier molecular flexibility index (Phi) is 3.56. The molecule has 0 spiro atoms. The highest BCUT2D eigenvalue weighted by Crippen LogP contribution is 2.52. The molecule has 21 heavy (non-hydrogen) atoms. The van der Waals surface area contributed by atoms with E-state index in [4.69, 9.17) is 4.74 Å². The Balaban J connectivity index is 2.00. The van der Waals surface area contributed by atoms with Crippen molar-refractivity contribution in [3.63, 3.8) is 0 Å². The Bertz CT molecular complexity index is 570. The number of benzene rings is 1. The minimum absolute atomic E-state index is 0.0333. The molecule has 4 unspecified atom stereocenters. The van der Waals surface area contributed by atoms with Gasteiger partial charge in [0, 0.05) is 19.4 Å². The minimum Gasteiger partial charge on any atom is -0.487 e. The predicted molar refractivity (Wildman–Crippen MR) is 84.0 cm³/mol. The van der Waals surface area contributed by atoms with Crippen LogP contribution in [0.4, 0.5) is 5.69 Å². The zero-order valence-corrected chi connectivity index (χ0v) is 13.2. The molecule has 4 nitrogen and oxygen atoms in total. The molecule has 0 radical (unpaired) electrons. The predicted octanol–water partition coefficient (Wildman–Crippen LogP) is 2.85. The topological polar surface area (TPSA) is 50.4 Å². The lowest BCUT2D eigenvalue weighted by atomic mass is 9.89. The van der Waals surface area contributed by atoms with Crippen LogP contribution in [-0.4, -0.2) is 25.1 Å². The molecular formula is C17H24N2O2. The summed E-state index contributed by atoms with van der Waals surface area (Å²) in [7, 11) is 0. The zero-order chi connectivity index (χ0) is 15.1. The van der Waals surface area contributed by atoms with Gasteiger partial charge >= 0.3 is 0 Å². The normalized spacial score (nSPS) is 29.9. The number of hydrogen-bond acceptors (Lipinski definition) is 3. The van der Waals surface area contributed by atoms with Crippen LogP contribution in [0.2, 0.25) is 0 Å². The average Bonchev–Trinajstić information content (AvgIpc) is 2.69. The quantitative estimate of drug-likeness (QED) is 0.880. The van der Waals surface area contributed by atoms with E-state index in [0.29, 0.717) is 24.3 Å². The molecule has 3 rings (SSSR count). The fraction of sp³-hybridized carbons (Fsp3) is 0.588. The van der Waals surface area contributed by atoms with Gasteiger partial charge in [0.15, 0.2) is 0 Å². The van der Waals surface area contributed by atoms with E-state index >= 15 is 0 Å². The Morgan fingerprint density at radius 1 is 1.38 bits per heavy atom. The summed E-state index contributed by atoms with van der Waals surface area (Å²) in [6.45, 7) is 9.73. The van der Waals surface area contributed by atoms with E-state index in [0.717, 1.165) is 18.0 Å². The maximum atomic E-state index is 11.3. The van der Waals surface area contributed by atoms with Gasteiger partial charge in [0.2, 0.25) is 5.91 Å². The van der Waals surface area contributed by atoms with Crippen LogP contribution >= 0.6 is 0 Å². The number of carbonyl (C=O) groups excluding carboxylic acids is 1. The molecule has 0 bridgehead atoms. The van der Waals surface area contributed by atoms with Crippen LogP contribution in [0.25, 0.3) is 0 Å². The molecule has 1 heterocycles. The van der Waals surface area contributed by atoms with Gasteiger partial charge in [0.25, 0.3) is 0 Å². The number of carbonyl (C=O) groups is 1. The smallest absolute Gasteiger partial charge is 0.216 e. The zero-order valence-electron chi connectivity index (χ0n) is 13.2. The molecule has 1 aromatic carbocycles. The molecule has 0 aromatic heterocycles. The number of rotatable bonds is 2. The van der Waals surface area contributed by atoms with Crippen molar-refractivity contribution in [2.75, 3.05) is 18.4 Å². The van der Waals surface area contributed by atoms with Crippen LogP contribution in [0, 0.1) is 5.92 Å². The van der Waals surface area contributed by atoms with E-state index in [1.807, 2.05) is 0 Å². The summed E-state index contributed by atoms with van der Waals surface area (Å²) in [6.07, 6.45) is 0.195. The number of anilines is 1. The van der Waals surface area contributed by atoms with Crippen LogP contribution in [0.3, 0.4) is 0 Å². The van der Waals surface area contributed by atoms with Gasteiger partial charge in [-0.05, 0) is 36.0 Å². The van der Waals surface area contributed by atoms with Crippen LogP contribution < -0.4 is 15.4 Å². The van der Waals surface area contributed by atoms with Gasteiger partial charge in [-0.15, -0.1) is 0 Å². The molecule has 1 aromatic rings. The largest absolute Gasteiger partial charge is 0.487 e. The van der Waals surface area contributed by atoms with Gasteiger partial charge < -0.3 is 15.4 Å². The summed E-state index contributed by atoms with van der Waals surface area (Å²) in [5, 5.41) is 6.52. The van der Waals surface area contributed by atoms with Crippen molar-refractivity contribution in [2.24, 2.45) is 5.92 Å². The van der Waals surface area contributed by atoms with Gasteiger partial charge in [-0.3, -0.25) is 4.79 Å². The average molecular weight is 288 g/mol. The van der Waals surface area contributed by atoms with Crippen molar-refractivity contribution in [2.45, 2.75) is 45.6 Å². The fourth-order valence-electron chi connectivity index (χ4n) is 3.63. The first-order chi connectivity index (χ1) is 9.99. The third-order valence-electron chi connectivity index (χ3n) is 4.99. The number of ether oxygens (including phenoxy) is 1. The Morgan fingerprint density at radius 3 is 2.86 bits per heavy atom. The lowest BCUT2D eigenvalue weighted by molar-refractivity contribution is -0.119. The third-order valence-corrected chi connectivity index (χ3v) is 4.99. The highest BCUT2D eigenvalue weighted by atomic mass is 16.5. The van der Waals surface area contributed by atoms with Crippen molar-refractivity contribution in [1.82, 2.24) is 5.32 Å². The lowest BCUT2D eigenvalue weighted by Gasteiger charge is -2.29. The molecule has 4 atom stereocenters. The second-order valence-corrected chi connectivity index (χ2v) is 6.44.